The van der Waals surface area contributed by atoms with Crippen LogP contribution in [0.1, 0.15) is 66.4 Å². The number of nitrogens with one attached hydrogen (secondary N) is 2. The summed E-state index contributed by atoms with van der Waals surface area (Å²) < 4.78 is 0. The zero-order valence-corrected chi connectivity index (χ0v) is 19.1. The minimum absolute atomic E-state index is 0.000148. The second kappa shape index (κ2) is 10.8. The van der Waals surface area contributed by atoms with Crippen molar-refractivity contribution in [2.24, 2.45) is 11.1 Å². The summed E-state index contributed by atoms with van der Waals surface area (Å²) in [4.78, 5) is 0. The lowest BCUT2D eigenvalue weighted by molar-refractivity contribution is 0.358. The number of nitrogens with two attached hydrogens (primary N) is 1. The summed E-state index contributed by atoms with van der Waals surface area (Å²) in [6, 6.07) is 11.0. The van der Waals surface area contributed by atoms with Gasteiger partial charge in [0.05, 0.1) is 6.04 Å². The normalized spacial score (nSPS) is 14.4. The van der Waals surface area contributed by atoms with Crippen LogP contribution in [0.4, 0.5) is 0 Å². The van der Waals surface area contributed by atoms with Gasteiger partial charge in [0.2, 0.25) is 0 Å². The molecule has 158 valence electrons. The highest BCUT2D eigenvalue weighted by molar-refractivity contribution is 5.22. The number of hydrogen-bond donors (Lipinski definition) is 3. The Morgan fingerprint density at radius 1 is 0.964 bits per heavy atom. The standard InChI is InChI=1S/C25H43N3/c1-19(24(3,4)5)22(16-12-13-17-26)27-20(2)23(28-25(6,7)8)18-21-14-10-9-11-15-21/h9-11,14-15,22-23,27-28H,1-2,12-13,16-18,26H2,3-8H3. The highest BCUT2D eigenvalue weighted by atomic mass is 15.1. The fourth-order valence-corrected chi connectivity index (χ4v) is 3.31. The van der Waals surface area contributed by atoms with Crippen molar-refractivity contribution in [3.05, 3.63) is 60.3 Å². The molecule has 0 radical (unpaired) electrons. The number of benzene rings is 1. The van der Waals surface area contributed by atoms with E-state index in [9.17, 15) is 0 Å². The second-order valence-electron chi connectivity index (χ2n) is 9.92. The van der Waals surface area contributed by atoms with Gasteiger partial charge >= 0.3 is 0 Å². The summed E-state index contributed by atoms with van der Waals surface area (Å²) in [5.41, 5.74) is 9.32. The van der Waals surface area contributed by atoms with Gasteiger partial charge in [0.15, 0.2) is 0 Å². The average Bonchev–Trinajstić information content (AvgIpc) is 2.58. The number of unbranched alkanes of at least 4 members (excludes halogenated alkanes) is 1. The van der Waals surface area contributed by atoms with Crippen molar-refractivity contribution in [3.8, 4) is 0 Å². The van der Waals surface area contributed by atoms with Crippen LogP contribution in [0.25, 0.3) is 0 Å². The molecule has 0 aliphatic heterocycles. The molecule has 2 atom stereocenters. The molecule has 1 aromatic carbocycles. The van der Waals surface area contributed by atoms with Crippen LogP contribution in [0.5, 0.6) is 0 Å². The first-order valence-corrected chi connectivity index (χ1v) is 10.6. The molecule has 3 heteroatoms. The highest BCUT2D eigenvalue weighted by Crippen LogP contribution is 2.29. The maximum Gasteiger partial charge on any atom is 0.0508 e. The van der Waals surface area contributed by atoms with Gasteiger partial charge in [-0.1, -0.05) is 64.3 Å². The molecule has 2 unspecified atom stereocenters. The first kappa shape index (κ1) is 24.5. The quantitative estimate of drug-likeness (QED) is 0.363. The van der Waals surface area contributed by atoms with Crippen molar-refractivity contribution in [3.63, 3.8) is 0 Å². The Kier molecular flexibility index (Phi) is 9.46. The van der Waals surface area contributed by atoms with Crippen molar-refractivity contribution >= 4 is 0 Å². The Morgan fingerprint density at radius 3 is 2.07 bits per heavy atom. The topological polar surface area (TPSA) is 50.1 Å². The lowest BCUT2D eigenvalue weighted by Gasteiger charge is -2.36. The minimum Gasteiger partial charge on any atom is -0.381 e. The highest BCUT2D eigenvalue weighted by Gasteiger charge is 2.26. The molecule has 4 N–H and O–H groups in total. The summed E-state index contributed by atoms with van der Waals surface area (Å²) in [5, 5.41) is 7.47. The molecule has 3 nitrogen and oxygen atoms in total. The lowest BCUT2D eigenvalue weighted by Crippen LogP contribution is -2.49. The first-order chi connectivity index (χ1) is 12.9. The van der Waals surface area contributed by atoms with Crippen LogP contribution in [-0.4, -0.2) is 24.2 Å². The molecule has 0 saturated carbocycles. The molecule has 0 heterocycles. The summed E-state index contributed by atoms with van der Waals surface area (Å²) in [6.07, 6.45) is 4.06. The van der Waals surface area contributed by atoms with Crippen LogP contribution in [0.15, 0.2) is 54.8 Å². The van der Waals surface area contributed by atoms with Crippen molar-refractivity contribution in [1.29, 1.82) is 0 Å². The SMILES string of the molecule is C=C(NC(CCCCN)C(=C)C(C)(C)C)C(Cc1ccccc1)NC(C)(C)C. The van der Waals surface area contributed by atoms with E-state index >= 15 is 0 Å². The van der Waals surface area contributed by atoms with Crippen LogP contribution in [-0.2, 0) is 6.42 Å². The zero-order chi connectivity index (χ0) is 21.4. The molecule has 1 aromatic rings. The second-order valence-corrected chi connectivity index (χ2v) is 9.92. The summed E-state index contributed by atoms with van der Waals surface area (Å²) in [6.45, 7) is 22.9. The molecule has 0 fully saturated rings. The summed E-state index contributed by atoms with van der Waals surface area (Å²) >= 11 is 0. The number of rotatable bonds is 11. The first-order valence-electron chi connectivity index (χ1n) is 10.6. The summed E-state index contributed by atoms with van der Waals surface area (Å²) in [7, 11) is 0. The molecule has 0 aromatic heterocycles. The Morgan fingerprint density at radius 2 is 1.57 bits per heavy atom. The molecule has 0 saturated heterocycles. The van der Waals surface area contributed by atoms with Crippen LogP contribution < -0.4 is 16.4 Å². The van der Waals surface area contributed by atoms with E-state index in [1.165, 1.54) is 11.1 Å². The van der Waals surface area contributed by atoms with Crippen LogP contribution >= 0.6 is 0 Å². The molecular formula is C25H43N3. The maximum absolute atomic E-state index is 5.71. The number of hydrogen-bond acceptors (Lipinski definition) is 3. The Balaban J connectivity index is 2.97. The fourth-order valence-electron chi connectivity index (χ4n) is 3.31. The van der Waals surface area contributed by atoms with Gasteiger partial charge in [-0.15, -0.1) is 0 Å². The molecular weight excluding hydrogens is 342 g/mol. The van der Waals surface area contributed by atoms with Gasteiger partial charge in [0.1, 0.15) is 0 Å². The average molecular weight is 386 g/mol. The predicted molar refractivity (Wildman–Crippen MR) is 124 cm³/mol. The smallest absolute Gasteiger partial charge is 0.0508 e. The molecule has 0 spiro atoms. The molecule has 28 heavy (non-hydrogen) atoms. The summed E-state index contributed by atoms with van der Waals surface area (Å²) in [5.74, 6) is 0. The van der Waals surface area contributed by atoms with E-state index in [1.807, 2.05) is 0 Å². The fraction of sp³-hybridized carbons (Fsp3) is 0.600. The van der Waals surface area contributed by atoms with Gasteiger partial charge < -0.3 is 16.4 Å². The van der Waals surface area contributed by atoms with Crippen molar-refractivity contribution in [2.45, 2.75) is 84.8 Å². The van der Waals surface area contributed by atoms with E-state index in [0.717, 1.165) is 37.9 Å². The molecule has 0 aliphatic rings. The third-order valence-electron chi connectivity index (χ3n) is 5.00. The molecule has 1 rings (SSSR count). The van der Waals surface area contributed by atoms with E-state index < -0.39 is 0 Å². The van der Waals surface area contributed by atoms with Gasteiger partial charge in [-0.3, -0.25) is 0 Å². The van der Waals surface area contributed by atoms with Crippen LogP contribution in [0.2, 0.25) is 0 Å². The van der Waals surface area contributed by atoms with Gasteiger partial charge in [0, 0.05) is 17.3 Å². The van der Waals surface area contributed by atoms with E-state index in [0.29, 0.717) is 0 Å². The largest absolute Gasteiger partial charge is 0.381 e. The third-order valence-corrected chi connectivity index (χ3v) is 5.00. The van der Waals surface area contributed by atoms with E-state index in [1.54, 1.807) is 0 Å². The Labute approximate surface area is 173 Å². The van der Waals surface area contributed by atoms with Gasteiger partial charge in [-0.25, -0.2) is 0 Å². The van der Waals surface area contributed by atoms with Crippen molar-refractivity contribution < 1.29 is 0 Å². The van der Waals surface area contributed by atoms with Crippen LogP contribution in [0, 0.1) is 5.41 Å². The predicted octanol–water partition coefficient (Wildman–Crippen LogP) is 5.19. The molecule has 0 amide bonds. The molecule has 0 bridgehead atoms. The van der Waals surface area contributed by atoms with E-state index in [-0.39, 0.29) is 23.0 Å². The monoisotopic (exact) mass is 385 g/mol. The Hall–Kier alpha value is -1.58. The molecule has 0 aliphatic carbocycles. The van der Waals surface area contributed by atoms with Crippen molar-refractivity contribution in [2.75, 3.05) is 6.54 Å². The van der Waals surface area contributed by atoms with E-state index in [2.05, 4.69) is 95.7 Å². The third kappa shape index (κ3) is 9.07. The zero-order valence-electron chi connectivity index (χ0n) is 19.1. The van der Waals surface area contributed by atoms with E-state index in [4.69, 9.17) is 5.73 Å². The lowest BCUT2D eigenvalue weighted by atomic mass is 9.81. The Bertz CT molecular complexity index is 605. The maximum atomic E-state index is 5.71. The van der Waals surface area contributed by atoms with Gasteiger partial charge in [-0.05, 0) is 69.6 Å². The van der Waals surface area contributed by atoms with Crippen molar-refractivity contribution in [1.82, 2.24) is 10.6 Å². The van der Waals surface area contributed by atoms with Gasteiger partial charge in [-0.2, -0.15) is 0 Å². The van der Waals surface area contributed by atoms with Crippen LogP contribution in [0.3, 0.4) is 0 Å². The van der Waals surface area contributed by atoms with Gasteiger partial charge in [0.25, 0.3) is 0 Å². The minimum atomic E-state index is 0.000148.